The fourth-order valence-corrected chi connectivity index (χ4v) is 7.94. The maximum Gasteiger partial charge on any atom is 0.316 e. The number of rotatable bonds is 11. The van der Waals surface area contributed by atoms with Crippen LogP contribution in [0.3, 0.4) is 0 Å². The van der Waals surface area contributed by atoms with Gasteiger partial charge in [-0.05, 0) is 90.2 Å². The minimum Gasteiger partial charge on any atom is -0.494 e. The molecular weight excluding hydrogens is 701 g/mol. The SMILES string of the molecule is CCc1cc(Nc2ncc(Br)c(Nc3ccc(-c4cnc(OC)nc4)cc3P(C)C)n2)c(OC)cc1N1CCC(N2CCN(C)CC2)CC1. The van der Waals surface area contributed by atoms with Crippen molar-refractivity contribution in [1.29, 1.82) is 0 Å². The maximum absolute atomic E-state index is 5.93. The number of ether oxygens (including phenoxy) is 2. The molecule has 0 amide bonds. The third-order valence-corrected chi connectivity index (χ3v) is 11.4. The average molecular weight is 749 g/mol. The first-order valence-corrected chi connectivity index (χ1v) is 19.9. The smallest absolute Gasteiger partial charge is 0.316 e. The zero-order valence-electron chi connectivity index (χ0n) is 29.3. The van der Waals surface area contributed by atoms with E-state index in [1.54, 1.807) is 32.8 Å². The first-order chi connectivity index (χ1) is 23.8. The van der Waals surface area contributed by atoms with Crippen LogP contribution in [0.5, 0.6) is 11.8 Å². The molecule has 2 aliphatic heterocycles. The van der Waals surface area contributed by atoms with Crippen LogP contribution < -0.4 is 30.3 Å². The summed E-state index contributed by atoms with van der Waals surface area (Å²) in [6, 6.07) is 11.8. The molecule has 0 saturated carbocycles. The number of aromatic nitrogens is 4. The topological polar surface area (TPSA) is 104 Å². The largest absolute Gasteiger partial charge is 0.494 e. The van der Waals surface area contributed by atoms with Gasteiger partial charge >= 0.3 is 6.01 Å². The third kappa shape index (κ3) is 8.26. The minimum absolute atomic E-state index is 0.352. The molecule has 0 aliphatic carbocycles. The van der Waals surface area contributed by atoms with Crippen LogP contribution in [-0.4, -0.2) is 110 Å². The predicted molar refractivity (Wildman–Crippen MR) is 205 cm³/mol. The van der Waals surface area contributed by atoms with Crippen molar-refractivity contribution in [3.63, 3.8) is 0 Å². The molecule has 2 saturated heterocycles. The summed E-state index contributed by atoms with van der Waals surface area (Å²) in [6.45, 7) is 13.5. The van der Waals surface area contributed by atoms with Crippen LogP contribution in [0.25, 0.3) is 11.1 Å². The lowest BCUT2D eigenvalue weighted by Gasteiger charge is -2.43. The van der Waals surface area contributed by atoms with Crippen molar-refractivity contribution < 1.29 is 9.47 Å². The van der Waals surface area contributed by atoms with Gasteiger partial charge in [0.1, 0.15) is 11.6 Å². The average Bonchev–Trinajstić information content (AvgIpc) is 3.13. The monoisotopic (exact) mass is 747 g/mol. The number of hydrogen-bond acceptors (Lipinski definition) is 11. The fourth-order valence-electron chi connectivity index (χ4n) is 6.64. The molecule has 0 unspecified atom stereocenters. The number of nitrogens with one attached hydrogen (secondary N) is 2. The fraction of sp³-hybridized carbons (Fsp3) is 0.444. The molecule has 49 heavy (non-hydrogen) atoms. The van der Waals surface area contributed by atoms with Crippen LogP contribution in [0.15, 0.2) is 53.4 Å². The highest BCUT2D eigenvalue weighted by Crippen LogP contribution is 2.38. The first-order valence-electron chi connectivity index (χ1n) is 16.9. The van der Waals surface area contributed by atoms with Gasteiger partial charge < -0.3 is 29.9 Å². The summed E-state index contributed by atoms with van der Waals surface area (Å²) < 4.78 is 11.8. The van der Waals surface area contributed by atoms with Crippen molar-refractivity contribution in [1.82, 2.24) is 29.7 Å². The lowest BCUT2D eigenvalue weighted by molar-refractivity contribution is 0.0982. The number of nitrogens with zero attached hydrogens (tertiary/aromatic N) is 7. The molecule has 2 N–H and O–H groups in total. The number of piperazine rings is 1. The highest BCUT2D eigenvalue weighted by atomic mass is 79.9. The molecule has 2 aromatic carbocycles. The molecule has 13 heteroatoms. The van der Waals surface area contributed by atoms with Gasteiger partial charge in [-0.15, -0.1) is 0 Å². The summed E-state index contributed by atoms with van der Waals surface area (Å²) in [7, 11) is 5.07. The quantitative estimate of drug-likeness (QED) is 0.168. The number of anilines is 5. The van der Waals surface area contributed by atoms with E-state index >= 15 is 0 Å². The Balaban J connectivity index is 1.19. The number of likely N-dealkylation sites (N-methyl/N-ethyl adjacent to an activating group) is 1. The van der Waals surface area contributed by atoms with Gasteiger partial charge in [0.2, 0.25) is 5.95 Å². The zero-order valence-corrected chi connectivity index (χ0v) is 31.8. The van der Waals surface area contributed by atoms with E-state index in [0.717, 1.165) is 52.2 Å². The number of piperidine rings is 1. The van der Waals surface area contributed by atoms with Crippen LogP contribution in [0, 0.1) is 0 Å². The van der Waals surface area contributed by atoms with Gasteiger partial charge in [0.05, 0.1) is 24.4 Å². The molecule has 0 atom stereocenters. The molecule has 0 radical (unpaired) electrons. The Morgan fingerprint density at radius 1 is 0.857 bits per heavy atom. The summed E-state index contributed by atoms with van der Waals surface area (Å²) in [6.07, 6.45) is 8.64. The number of aryl methyl sites for hydroxylation is 1. The number of benzene rings is 2. The van der Waals surface area contributed by atoms with E-state index in [0.29, 0.717) is 23.8 Å². The Morgan fingerprint density at radius 3 is 2.24 bits per heavy atom. The standard InChI is InChI=1S/C36H47BrN9O2P/c1-7-24-18-30(32(47-3)20-31(24)46-12-10-27(11-13-46)45-16-14-44(2)15-17-45)42-35-38-23-28(37)34(43-35)41-29-9-8-25(19-33(29)49(5)6)26-21-39-36(48-4)40-22-26/h8-9,18-23,27H,7,10-17H2,1-6H3,(H2,38,41,42,43). The summed E-state index contributed by atoms with van der Waals surface area (Å²) >= 11 is 3.66. The molecule has 4 heterocycles. The van der Waals surface area contributed by atoms with Crippen molar-refractivity contribution in [2.24, 2.45) is 0 Å². The minimum atomic E-state index is -0.442. The second kappa shape index (κ2) is 16.0. The van der Waals surface area contributed by atoms with Crippen LogP contribution >= 0.6 is 23.9 Å². The summed E-state index contributed by atoms with van der Waals surface area (Å²) in [4.78, 5) is 25.7. The predicted octanol–water partition coefficient (Wildman–Crippen LogP) is 6.35. The Morgan fingerprint density at radius 2 is 1.59 bits per heavy atom. The molecule has 4 aromatic rings. The highest BCUT2D eigenvalue weighted by Gasteiger charge is 2.28. The molecule has 260 valence electrons. The normalized spacial score (nSPS) is 16.2. The van der Waals surface area contributed by atoms with Gasteiger partial charge in [-0.3, -0.25) is 4.90 Å². The zero-order chi connectivity index (χ0) is 34.5. The molecule has 0 bridgehead atoms. The molecule has 11 nitrogen and oxygen atoms in total. The van der Waals surface area contributed by atoms with Gasteiger partial charge in [-0.25, -0.2) is 15.0 Å². The van der Waals surface area contributed by atoms with E-state index < -0.39 is 7.92 Å². The summed E-state index contributed by atoms with van der Waals surface area (Å²) in [5.74, 6) is 1.93. The van der Waals surface area contributed by atoms with Gasteiger partial charge in [0.25, 0.3) is 0 Å². The van der Waals surface area contributed by atoms with E-state index in [2.05, 4.69) is 114 Å². The van der Waals surface area contributed by atoms with E-state index in [-0.39, 0.29) is 0 Å². The number of hydrogen-bond donors (Lipinski definition) is 2. The third-order valence-electron chi connectivity index (χ3n) is 9.51. The maximum atomic E-state index is 5.93. The van der Waals surface area contributed by atoms with E-state index in [9.17, 15) is 0 Å². The molecule has 2 aliphatic rings. The van der Waals surface area contributed by atoms with Gasteiger partial charge in [-0.2, -0.15) is 4.98 Å². The van der Waals surface area contributed by atoms with Crippen LogP contribution in [0.1, 0.15) is 25.3 Å². The van der Waals surface area contributed by atoms with Crippen molar-refractivity contribution in [3.05, 3.63) is 59.0 Å². The lowest BCUT2D eigenvalue weighted by Crippen LogP contribution is -2.52. The van der Waals surface area contributed by atoms with Crippen molar-refractivity contribution in [2.75, 3.05) is 89.4 Å². The highest BCUT2D eigenvalue weighted by molar-refractivity contribution is 9.10. The van der Waals surface area contributed by atoms with Crippen LogP contribution in [0.4, 0.5) is 28.8 Å². The van der Waals surface area contributed by atoms with Crippen molar-refractivity contribution >= 4 is 58.0 Å². The van der Waals surface area contributed by atoms with Crippen molar-refractivity contribution in [3.8, 4) is 22.9 Å². The summed E-state index contributed by atoms with van der Waals surface area (Å²) in [5.41, 5.74) is 6.36. The first kappa shape index (κ1) is 35.3. The molecule has 2 aromatic heterocycles. The van der Waals surface area contributed by atoms with E-state index in [1.807, 2.05) is 0 Å². The van der Waals surface area contributed by atoms with Gasteiger partial charge in [-0.1, -0.05) is 20.9 Å². The molecule has 2 fully saturated rings. The second-order valence-electron chi connectivity index (χ2n) is 12.8. The lowest BCUT2D eigenvalue weighted by atomic mass is 9.99. The summed E-state index contributed by atoms with van der Waals surface area (Å²) in [5, 5.41) is 8.23. The van der Waals surface area contributed by atoms with Crippen molar-refractivity contribution in [2.45, 2.75) is 32.2 Å². The number of methoxy groups -OCH3 is 2. The second-order valence-corrected chi connectivity index (χ2v) is 15.9. The molecule has 0 spiro atoms. The Hall–Kier alpha value is -3.57. The van der Waals surface area contributed by atoms with Gasteiger partial charge in [0.15, 0.2) is 0 Å². The van der Waals surface area contributed by atoms with Crippen LogP contribution in [0.2, 0.25) is 0 Å². The van der Waals surface area contributed by atoms with Gasteiger partial charge in [0, 0.05) is 86.9 Å². The number of halogens is 1. The van der Waals surface area contributed by atoms with Crippen LogP contribution in [-0.2, 0) is 6.42 Å². The molecule has 6 rings (SSSR count). The Labute approximate surface area is 299 Å². The van der Waals surface area contributed by atoms with E-state index in [1.165, 1.54) is 55.6 Å². The Kier molecular flexibility index (Phi) is 11.5. The Bertz CT molecular complexity index is 1730. The molecular formula is C36H47BrN9O2P. The van der Waals surface area contributed by atoms with E-state index in [4.69, 9.17) is 14.5 Å².